The molecule has 2 rings (SSSR count). The van der Waals surface area contributed by atoms with E-state index in [1.165, 1.54) is 17.7 Å². The van der Waals surface area contributed by atoms with Crippen molar-refractivity contribution in [3.63, 3.8) is 0 Å². The highest BCUT2D eigenvalue weighted by atomic mass is 15.2. The third-order valence-corrected chi connectivity index (χ3v) is 4.04. The van der Waals surface area contributed by atoms with Crippen molar-refractivity contribution >= 4 is 0 Å². The maximum absolute atomic E-state index is 4.43. The summed E-state index contributed by atoms with van der Waals surface area (Å²) in [5, 5.41) is 7.82. The van der Waals surface area contributed by atoms with E-state index in [0.29, 0.717) is 17.4 Å². The van der Waals surface area contributed by atoms with E-state index in [0.717, 1.165) is 0 Å². The van der Waals surface area contributed by atoms with E-state index in [4.69, 9.17) is 0 Å². The van der Waals surface area contributed by atoms with Crippen LogP contribution in [0.3, 0.4) is 0 Å². The number of hydrogen-bond acceptors (Lipinski definition) is 2. The van der Waals surface area contributed by atoms with Gasteiger partial charge in [-0.3, -0.25) is 4.68 Å². The number of aromatic nitrogens is 2. The van der Waals surface area contributed by atoms with Gasteiger partial charge in [0.05, 0.1) is 5.69 Å². The molecule has 0 saturated heterocycles. The average molecular weight is 207 g/mol. The molecule has 1 aliphatic carbocycles. The van der Waals surface area contributed by atoms with Crippen LogP contribution < -0.4 is 5.32 Å². The zero-order chi connectivity index (χ0) is 11.2. The molecule has 1 heterocycles. The normalized spacial score (nSPS) is 28.9. The van der Waals surface area contributed by atoms with Crippen LogP contribution in [0.1, 0.15) is 37.4 Å². The Balaban J connectivity index is 2.24. The minimum atomic E-state index is 0.350. The monoisotopic (exact) mass is 207 g/mol. The van der Waals surface area contributed by atoms with Gasteiger partial charge in [-0.05, 0) is 37.3 Å². The molecule has 0 aliphatic heterocycles. The van der Waals surface area contributed by atoms with Gasteiger partial charge in [-0.2, -0.15) is 5.10 Å². The van der Waals surface area contributed by atoms with Gasteiger partial charge in [-0.1, -0.05) is 13.8 Å². The highest BCUT2D eigenvalue weighted by Gasteiger charge is 2.48. The molecular weight excluding hydrogens is 186 g/mol. The van der Waals surface area contributed by atoms with Gasteiger partial charge in [0, 0.05) is 19.3 Å². The molecule has 2 atom stereocenters. The summed E-state index contributed by atoms with van der Waals surface area (Å²) in [6.45, 7) is 6.79. The molecule has 0 bridgehead atoms. The van der Waals surface area contributed by atoms with Crippen LogP contribution in [0.5, 0.6) is 0 Å². The van der Waals surface area contributed by atoms with Crippen molar-refractivity contribution in [2.75, 3.05) is 7.05 Å². The fraction of sp³-hybridized carbons (Fsp3) is 0.750. The SMILES string of the molecule is CNC1CC(c2cn(C)nc2C)C1(C)C. The molecule has 1 aromatic heterocycles. The van der Waals surface area contributed by atoms with Crippen molar-refractivity contribution in [2.45, 2.75) is 39.2 Å². The molecule has 1 aromatic rings. The van der Waals surface area contributed by atoms with Gasteiger partial charge < -0.3 is 5.32 Å². The first-order valence-corrected chi connectivity index (χ1v) is 5.64. The number of hydrogen-bond donors (Lipinski definition) is 1. The van der Waals surface area contributed by atoms with Crippen LogP contribution in [0.4, 0.5) is 0 Å². The lowest BCUT2D eigenvalue weighted by Crippen LogP contribution is -2.54. The van der Waals surface area contributed by atoms with Crippen molar-refractivity contribution < 1.29 is 0 Å². The van der Waals surface area contributed by atoms with Gasteiger partial charge in [-0.25, -0.2) is 0 Å². The molecule has 3 heteroatoms. The third kappa shape index (κ3) is 1.49. The zero-order valence-corrected chi connectivity index (χ0v) is 10.3. The minimum Gasteiger partial charge on any atom is -0.316 e. The Kier molecular flexibility index (Phi) is 2.38. The summed E-state index contributed by atoms with van der Waals surface area (Å²) in [6, 6.07) is 0.641. The molecule has 1 fully saturated rings. The highest BCUT2D eigenvalue weighted by Crippen LogP contribution is 2.52. The van der Waals surface area contributed by atoms with Crippen molar-refractivity contribution in [3.8, 4) is 0 Å². The third-order valence-electron chi connectivity index (χ3n) is 4.04. The lowest BCUT2D eigenvalue weighted by atomic mass is 9.56. The maximum atomic E-state index is 4.43. The first-order chi connectivity index (χ1) is 6.96. The summed E-state index contributed by atoms with van der Waals surface area (Å²) in [6.07, 6.45) is 3.41. The van der Waals surface area contributed by atoms with Crippen LogP contribution in [0.25, 0.3) is 0 Å². The molecular formula is C12H21N3. The van der Waals surface area contributed by atoms with Gasteiger partial charge in [0.25, 0.3) is 0 Å². The van der Waals surface area contributed by atoms with Crippen molar-refractivity contribution in [1.82, 2.24) is 15.1 Å². The summed E-state index contributed by atoms with van der Waals surface area (Å²) in [5.41, 5.74) is 2.96. The Bertz CT molecular complexity index is 365. The highest BCUT2D eigenvalue weighted by molar-refractivity contribution is 5.28. The average Bonchev–Trinajstić information content (AvgIpc) is 2.45. The van der Waals surface area contributed by atoms with Crippen molar-refractivity contribution in [2.24, 2.45) is 12.5 Å². The fourth-order valence-corrected chi connectivity index (χ4v) is 2.90. The zero-order valence-electron chi connectivity index (χ0n) is 10.3. The van der Waals surface area contributed by atoms with Crippen LogP contribution >= 0.6 is 0 Å². The van der Waals surface area contributed by atoms with Gasteiger partial charge in [-0.15, -0.1) is 0 Å². The van der Waals surface area contributed by atoms with E-state index in [2.05, 4.69) is 44.4 Å². The predicted octanol–water partition coefficient (Wildman–Crippen LogP) is 1.83. The van der Waals surface area contributed by atoms with Crippen LogP contribution in [0.15, 0.2) is 6.20 Å². The largest absolute Gasteiger partial charge is 0.316 e. The lowest BCUT2D eigenvalue weighted by molar-refractivity contribution is 0.0747. The van der Waals surface area contributed by atoms with Gasteiger partial charge in [0.2, 0.25) is 0 Å². The second-order valence-electron chi connectivity index (χ2n) is 5.29. The topological polar surface area (TPSA) is 29.9 Å². The molecule has 0 spiro atoms. The first kappa shape index (κ1) is 10.7. The fourth-order valence-electron chi connectivity index (χ4n) is 2.90. The number of rotatable bonds is 2. The number of nitrogens with zero attached hydrogens (tertiary/aromatic N) is 2. The van der Waals surface area contributed by atoms with Crippen LogP contribution in [-0.2, 0) is 7.05 Å². The Labute approximate surface area is 91.9 Å². The van der Waals surface area contributed by atoms with Gasteiger partial charge in [0.15, 0.2) is 0 Å². The Morgan fingerprint density at radius 1 is 1.53 bits per heavy atom. The maximum Gasteiger partial charge on any atom is 0.0628 e. The first-order valence-electron chi connectivity index (χ1n) is 5.64. The molecule has 2 unspecified atom stereocenters. The van der Waals surface area contributed by atoms with Crippen LogP contribution in [0, 0.1) is 12.3 Å². The second kappa shape index (κ2) is 3.34. The summed E-state index contributed by atoms with van der Waals surface area (Å²) in [7, 11) is 4.05. The summed E-state index contributed by atoms with van der Waals surface area (Å²) in [4.78, 5) is 0. The molecule has 84 valence electrons. The summed E-state index contributed by atoms with van der Waals surface area (Å²) < 4.78 is 1.92. The quantitative estimate of drug-likeness (QED) is 0.802. The van der Waals surface area contributed by atoms with E-state index in [1.54, 1.807) is 0 Å². The Morgan fingerprint density at radius 3 is 2.60 bits per heavy atom. The van der Waals surface area contributed by atoms with Crippen molar-refractivity contribution in [1.29, 1.82) is 0 Å². The standard InChI is InChI=1S/C12H21N3/c1-8-9(7-15(5)14-8)10-6-11(13-4)12(10,2)3/h7,10-11,13H,6H2,1-5H3. The molecule has 3 nitrogen and oxygen atoms in total. The Morgan fingerprint density at radius 2 is 2.20 bits per heavy atom. The van der Waals surface area contributed by atoms with Gasteiger partial charge >= 0.3 is 0 Å². The minimum absolute atomic E-state index is 0.350. The number of aryl methyl sites for hydroxylation is 2. The van der Waals surface area contributed by atoms with Crippen LogP contribution in [0.2, 0.25) is 0 Å². The molecule has 0 amide bonds. The summed E-state index contributed by atoms with van der Waals surface area (Å²) in [5.74, 6) is 0.656. The smallest absolute Gasteiger partial charge is 0.0628 e. The number of nitrogens with one attached hydrogen (secondary N) is 1. The predicted molar refractivity (Wildman–Crippen MR) is 61.9 cm³/mol. The van der Waals surface area contributed by atoms with Crippen LogP contribution in [-0.4, -0.2) is 22.9 Å². The van der Waals surface area contributed by atoms with E-state index >= 15 is 0 Å². The van der Waals surface area contributed by atoms with E-state index < -0.39 is 0 Å². The molecule has 1 N–H and O–H groups in total. The molecule has 15 heavy (non-hydrogen) atoms. The Hall–Kier alpha value is -0.830. The molecule has 1 saturated carbocycles. The van der Waals surface area contributed by atoms with Gasteiger partial charge in [0.1, 0.15) is 0 Å². The molecule has 0 aromatic carbocycles. The van der Waals surface area contributed by atoms with E-state index in [1.807, 2.05) is 11.7 Å². The van der Waals surface area contributed by atoms with E-state index in [-0.39, 0.29) is 0 Å². The molecule has 1 aliphatic rings. The second-order valence-corrected chi connectivity index (χ2v) is 5.29. The van der Waals surface area contributed by atoms with E-state index in [9.17, 15) is 0 Å². The summed E-state index contributed by atoms with van der Waals surface area (Å²) >= 11 is 0. The van der Waals surface area contributed by atoms with Crippen molar-refractivity contribution in [3.05, 3.63) is 17.5 Å². The molecule has 0 radical (unpaired) electrons. The lowest BCUT2D eigenvalue weighted by Gasteiger charge is -2.52.